The zero-order chi connectivity index (χ0) is 13.4. The van der Waals surface area contributed by atoms with Gasteiger partial charge in [-0.15, -0.1) is 0 Å². The normalized spacial score (nSPS) is 25.5. The number of nitrogens with one attached hydrogen (secondary N) is 1. The molecule has 0 aromatic carbocycles. The molecule has 1 saturated carbocycles. The number of fused-ring (bicyclic) bond motifs is 1. The molecular weight excluding hydrogens is 240 g/mol. The number of likely N-dealkylation sites (tertiary alicyclic amines) is 1. The Bertz CT molecular complexity index is 490. The van der Waals surface area contributed by atoms with Gasteiger partial charge >= 0.3 is 0 Å². The molecule has 0 bridgehead atoms. The van der Waals surface area contributed by atoms with Crippen molar-refractivity contribution in [2.24, 2.45) is 17.7 Å². The summed E-state index contributed by atoms with van der Waals surface area (Å²) in [7, 11) is 0. The quantitative estimate of drug-likeness (QED) is 0.625. The van der Waals surface area contributed by atoms with Gasteiger partial charge in [0, 0.05) is 25.0 Å². The molecule has 1 saturated heterocycles. The number of anilines is 1. The summed E-state index contributed by atoms with van der Waals surface area (Å²) >= 11 is 0. The van der Waals surface area contributed by atoms with Crippen LogP contribution in [-0.2, 0) is 0 Å². The van der Waals surface area contributed by atoms with Crippen molar-refractivity contribution in [2.75, 3.05) is 18.5 Å². The van der Waals surface area contributed by atoms with Crippen molar-refractivity contribution in [1.82, 2.24) is 9.88 Å². The SMILES string of the molecule is Cc1cc(NN)c(C(=O)N2CC3CCCC3C2)cn1. The average molecular weight is 260 g/mol. The number of pyridine rings is 1. The van der Waals surface area contributed by atoms with Crippen LogP contribution in [-0.4, -0.2) is 28.9 Å². The zero-order valence-corrected chi connectivity index (χ0v) is 11.2. The van der Waals surface area contributed by atoms with Crippen molar-refractivity contribution in [3.63, 3.8) is 0 Å². The summed E-state index contributed by atoms with van der Waals surface area (Å²) in [6, 6.07) is 1.81. The van der Waals surface area contributed by atoms with Crippen LogP contribution >= 0.6 is 0 Å². The average Bonchev–Trinajstić information content (AvgIpc) is 2.98. The highest BCUT2D eigenvalue weighted by Crippen LogP contribution is 2.38. The largest absolute Gasteiger partial charge is 0.338 e. The monoisotopic (exact) mass is 260 g/mol. The van der Waals surface area contributed by atoms with E-state index in [0.29, 0.717) is 23.1 Å². The van der Waals surface area contributed by atoms with Gasteiger partial charge in [0.15, 0.2) is 0 Å². The fourth-order valence-corrected chi connectivity index (χ4v) is 3.42. The lowest BCUT2D eigenvalue weighted by molar-refractivity contribution is 0.0781. The highest BCUT2D eigenvalue weighted by atomic mass is 16.2. The molecule has 2 atom stereocenters. The summed E-state index contributed by atoms with van der Waals surface area (Å²) in [6.07, 6.45) is 5.48. The molecule has 0 radical (unpaired) electrons. The first-order chi connectivity index (χ1) is 9.19. The number of carbonyl (C=O) groups is 1. The van der Waals surface area contributed by atoms with E-state index in [2.05, 4.69) is 10.4 Å². The number of rotatable bonds is 2. The second-order valence-corrected chi connectivity index (χ2v) is 5.68. The second kappa shape index (κ2) is 4.81. The van der Waals surface area contributed by atoms with E-state index in [1.54, 1.807) is 6.20 Å². The number of aromatic nitrogens is 1. The van der Waals surface area contributed by atoms with E-state index >= 15 is 0 Å². The van der Waals surface area contributed by atoms with E-state index in [0.717, 1.165) is 18.8 Å². The predicted molar refractivity (Wildman–Crippen MR) is 73.5 cm³/mol. The fourth-order valence-electron chi connectivity index (χ4n) is 3.42. The highest BCUT2D eigenvalue weighted by Gasteiger charge is 2.38. The molecule has 1 aromatic rings. The Labute approximate surface area is 113 Å². The van der Waals surface area contributed by atoms with Crippen LogP contribution in [0.5, 0.6) is 0 Å². The molecule has 102 valence electrons. The van der Waals surface area contributed by atoms with E-state index in [-0.39, 0.29) is 5.91 Å². The third-order valence-electron chi connectivity index (χ3n) is 4.44. The molecule has 1 aliphatic carbocycles. The molecule has 2 aliphatic rings. The standard InChI is InChI=1S/C14H20N4O/c1-9-5-13(17-15)12(6-16-9)14(19)18-7-10-3-2-4-11(10)8-18/h5-6,10-11H,2-4,7-8,15H2,1H3,(H,16,17). The Balaban J connectivity index is 1.81. The van der Waals surface area contributed by atoms with Crippen LogP contribution in [0.1, 0.15) is 35.3 Å². The molecule has 2 heterocycles. The maximum atomic E-state index is 12.6. The minimum Gasteiger partial charge on any atom is -0.338 e. The number of nitrogens with zero attached hydrogens (tertiary/aromatic N) is 2. The molecule has 5 nitrogen and oxygen atoms in total. The molecule has 0 spiro atoms. The third kappa shape index (κ3) is 2.18. The Kier molecular flexibility index (Phi) is 3.14. The van der Waals surface area contributed by atoms with E-state index in [9.17, 15) is 4.79 Å². The topological polar surface area (TPSA) is 71.2 Å². The van der Waals surface area contributed by atoms with Gasteiger partial charge < -0.3 is 10.3 Å². The number of carbonyl (C=O) groups excluding carboxylic acids is 1. The van der Waals surface area contributed by atoms with Gasteiger partial charge in [-0.2, -0.15) is 0 Å². The van der Waals surface area contributed by atoms with E-state index in [4.69, 9.17) is 5.84 Å². The minimum atomic E-state index is 0.0508. The van der Waals surface area contributed by atoms with Gasteiger partial charge in [0.05, 0.1) is 11.3 Å². The van der Waals surface area contributed by atoms with Gasteiger partial charge in [-0.05, 0) is 37.7 Å². The third-order valence-corrected chi connectivity index (χ3v) is 4.44. The predicted octanol–water partition coefficient (Wildman–Crippen LogP) is 1.55. The maximum Gasteiger partial charge on any atom is 0.257 e. The first kappa shape index (κ1) is 12.4. The van der Waals surface area contributed by atoms with Crippen LogP contribution in [0.4, 0.5) is 5.69 Å². The molecule has 5 heteroatoms. The molecule has 3 N–H and O–H groups in total. The van der Waals surface area contributed by atoms with Crippen molar-refractivity contribution >= 4 is 11.6 Å². The first-order valence-electron chi connectivity index (χ1n) is 6.91. The Hall–Kier alpha value is -1.62. The maximum absolute atomic E-state index is 12.6. The van der Waals surface area contributed by atoms with Crippen molar-refractivity contribution in [3.05, 3.63) is 23.5 Å². The number of nitrogens with two attached hydrogens (primary N) is 1. The Morgan fingerprint density at radius 1 is 1.42 bits per heavy atom. The van der Waals surface area contributed by atoms with Crippen LogP contribution in [0, 0.1) is 18.8 Å². The molecule has 2 fully saturated rings. The van der Waals surface area contributed by atoms with E-state index in [1.165, 1.54) is 19.3 Å². The van der Waals surface area contributed by atoms with Crippen LogP contribution in [0.25, 0.3) is 0 Å². The van der Waals surface area contributed by atoms with Crippen LogP contribution in [0.3, 0.4) is 0 Å². The summed E-state index contributed by atoms with van der Waals surface area (Å²) < 4.78 is 0. The molecule has 1 aliphatic heterocycles. The molecule has 1 amide bonds. The lowest BCUT2D eigenvalue weighted by Crippen LogP contribution is -2.30. The summed E-state index contributed by atoms with van der Waals surface area (Å²) in [6.45, 7) is 3.66. The summed E-state index contributed by atoms with van der Waals surface area (Å²) in [5.74, 6) is 6.96. The van der Waals surface area contributed by atoms with Gasteiger partial charge in [-0.3, -0.25) is 15.6 Å². The number of nitrogen functional groups attached to an aromatic ring is 1. The summed E-state index contributed by atoms with van der Waals surface area (Å²) in [5, 5.41) is 0. The van der Waals surface area contributed by atoms with Gasteiger partial charge in [0.2, 0.25) is 0 Å². The van der Waals surface area contributed by atoms with Crippen LogP contribution in [0.2, 0.25) is 0 Å². The van der Waals surface area contributed by atoms with Gasteiger partial charge in [-0.1, -0.05) is 6.42 Å². The number of aryl methyl sites for hydroxylation is 1. The van der Waals surface area contributed by atoms with Crippen molar-refractivity contribution in [1.29, 1.82) is 0 Å². The van der Waals surface area contributed by atoms with E-state index < -0.39 is 0 Å². The summed E-state index contributed by atoms with van der Waals surface area (Å²) in [5.41, 5.74) is 4.69. The van der Waals surface area contributed by atoms with E-state index in [1.807, 2.05) is 17.9 Å². The van der Waals surface area contributed by atoms with Gasteiger partial charge in [-0.25, -0.2) is 0 Å². The van der Waals surface area contributed by atoms with Gasteiger partial charge in [0.25, 0.3) is 5.91 Å². The fraction of sp³-hybridized carbons (Fsp3) is 0.571. The molecular formula is C14H20N4O. The Morgan fingerprint density at radius 3 is 2.74 bits per heavy atom. The lowest BCUT2D eigenvalue weighted by atomic mass is 10.0. The summed E-state index contributed by atoms with van der Waals surface area (Å²) in [4.78, 5) is 18.7. The first-order valence-corrected chi connectivity index (χ1v) is 6.91. The van der Waals surface area contributed by atoms with Crippen molar-refractivity contribution < 1.29 is 4.79 Å². The highest BCUT2D eigenvalue weighted by molar-refractivity contribution is 5.99. The Morgan fingerprint density at radius 2 is 2.11 bits per heavy atom. The number of hydrogen-bond donors (Lipinski definition) is 2. The van der Waals surface area contributed by atoms with Crippen LogP contribution in [0.15, 0.2) is 12.3 Å². The number of hydrogen-bond acceptors (Lipinski definition) is 4. The smallest absolute Gasteiger partial charge is 0.257 e. The van der Waals surface area contributed by atoms with Crippen molar-refractivity contribution in [2.45, 2.75) is 26.2 Å². The van der Waals surface area contributed by atoms with Crippen LogP contribution < -0.4 is 11.3 Å². The zero-order valence-electron chi connectivity index (χ0n) is 11.2. The number of hydrazine groups is 1. The molecule has 3 rings (SSSR count). The molecule has 1 aromatic heterocycles. The molecule has 2 unspecified atom stereocenters. The second-order valence-electron chi connectivity index (χ2n) is 5.68. The van der Waals surface area contributed by atoms with Crippen molar-refractivity contribution in [3.8, 4) is 0 Å². The minimum absolute atomic E-state index is 0.0508. The molecule has 19 heavy (non-hydrogen) atoms. The lowest BCUT2D eigenvalue weighted by Gasteiger charge is -2.19. The number of amides is 1. The van der Waals surface area contributed by atoms with Gasteiger partial charge in [0.1, 0.15) is 0 Å².